The van der Waals surface area contributed by atoms with E-state index in [1.165, 1.54) is 6.07 Å². The van der Waals surface area contributed by atoms with E-state index < -0.39 is 5.82 Å². The van der Waals surface area contributed by atoms with Gasteiger partial charge in [0.1, 0.15) is 17.4 Å². The molecule has 1 atom stereocenters. The van der Waals surface area contributed by atoms with Crippen molar-refractivity contribution in [1.29, 1.82) is 5.26 Å². The van der Waals surface area contributed by atoms with Crippen molar-refractivity contribution in [2.75, 3.05) is 18.4 Å². The molecule has 2 rings (SSSR count). The average molecular weight is 287 g/mol. The lowest BCUT2D eigenvalue weighted by atomic mass is 10.1. The van der Waals surface area contributed by atoms with Crippen molar-refractivity contribution in [2.24, 2.45) is 5.92 Å². The lowest BCUT2D eigenvalue weighted by Gasteiger charge is -2.11. The molecule has 0 spiro atoms. The third-order valence-electron chi connectivity index (χ3n) is 3.45. The second-order valence-corrected chi connectivity index (χ2v) is 5.02. The van der Waals surface area contributed by atoms with E-state index in [1.54, 1.807) is 12.1 Å². The zero-order chi connectivity index (χ0) is 15.1. The molecule has 0 bridgehead atoms. The molecule has 0 radical (unpaired) electrons. The molecule has 1 amide bonds. The zero-order valence-electron chi connectivity index (χ0n) is 11.7. The summed E-state index contributed by atoms with van der Waals surface area (Å²) in [5.41, 5.74) is 0.449. The van der Waals surface area contributed by atoms with Crippen LogP contribution in [0.5, 0.6) is 0 Å². The number of amides is 1. The Morgan fingerprint density at radius 2 is 2.29 bits per heavy atom. The molecule has 0 aliphatic heterocycles. The quantitative estimate of drug-likeness (QED) is 0.624. The van der Waals surface area contributed by atoms with Crippen molar-refractivity contribution in [3.8, 4) is 6.07 Å². The van der Waals surface area contributed by atoms with Gasteiger partial charge in [-0.1, -0.05) is 18.2 Å². The van der Waals surface area contributed by atoms with Gasteiger partial charge in [-0.25, -0.2) is 4.39 Å². The monoisotopic (exact) mass is 287 g/mol. The van der Waals surface area contributed by atoms with Crippen LogP contribution in [0.15, 0.2) is 30.4 Å². The molecule has 0 fully saturated rings. The molecule has 0 saturated carbocycles. The van der Waals surface area contributed by atoms with Gasteiger partial charge in [0.2, 0.25) is 5.91 Å². The van der Waals surface area contributed by atoms with Gasteiger partial charge in [-0.05, 0) is 30.9 Å². The topological polar surface area (TPSA) is 64.9 Å². The Hall–Kier alpha value is -2.35. The predicted molar refractivity (Wildman–Crippen MR) is 79.1 cm³/mol. The number of carbonyl (C=O) groups excluding carboxylic acids is 1. The number of hydrogen-bond donors (Lipinski definition) is 2. The van der Waals surface area contributed by atoms with Crippen molar-refractivity contribution < 1.29 is 9.18 Å². The van der Waals surface area contributed by atoms with Gasteiger partial charge in [-0.15, -0.1) is 0 Å². The largest absolute Gasteiger partial charge is 0.382 e. The fourth-order valence-electron chi connectivity index (χ4n) is 2.36. The predicted octanol–water partition coefficient (Wildman–Crippen LogP) is 2.58. The summed E-state index contributed by atoms with van der Waals surface area (Å²) in [4.78, 5) is 11.7. The van der Waals surface area contributed by atoms with Crippen molar-refractivity contribution in [2.45, 2.75) is 19.3 Å². The number of rotatable bonds is 6. The van der Waals surface area contributed by atoms with Crippen LogP contribution in [0.2, 0.25) is 0 Å². The number of halogens is 1. The maximum Gasteiger partial charge on any atom is 0.220 e. The SMILES string of the molecule is N#Cc1c(F)cccc1NCCNC(=O)C[C@@H]1C=CCC1. The fraction of sp³-hybridized carbons (Fsp3) is 0.375. The van der Waals surface area contributed by atoms with E-state index in [2.05, 4.69) is 22.8 Å². The lowest BCUT2D eigenvalue weighted by Crippen LogP contribution is -2.29. The van der Waals surface area contributed by atoms with E-state index in [-0.39, 0.29) is 11.5 Å². The van der Waals surface area contributed by atoms with Crippen LogP contribution in [-0.2, 0) is 4.79 Å². The van der Waals surface area contributed by atoms with Crippen LogP contribution < -0.4 is 10.6 Å². The summed E-state index contributed by atoms with van der Waals surface area (Å²) in [6.07, 6.45) is 6.80. The molecule has 4 nitrogen and oxygen atoms in total. The van der Waals surface area contributed by atoms with Crippen LogP contribution in [0.4, 0.5) is 10.1 Å². The molecule has 0 heterocycles. The van der Waals surface area contributed by atoms with E-state index in [9.17, 15) is 9.18 Å². The van der Waals surface area contributed by atoms with Crippen molar-refractivity contribution in [1.82, 2.24) is 5.32 Å². The molecule has 0 unspecified atom stereocenters. The highest BCUT2D eigenvalue weighted by atomic mass is 19.1. The first-order valence-electron chi connectivity index (χ1n) is 7.06. The number of nitrogens with zero attached hydrogens (tertiary/aromatic N) is 1. The zero-order valence-corrected chi connectivity index (χ0v) is 11.7. The molecule has 1 aromatic carbocycles. The number of hydrogen-bond acceptors (Lipinski definition) is 3. The summed E-state index contributed by atoms with van der Waals surface area (Å²) in [7, 11) is 0. The van der Waals surface area contributed by atoms with E-state index in [0.717, 1.165) is 12.8 Å². The third-order valence-corrected chi connectivity index (χ3v) is 3.45. The van der Waals surface area contributed by atoms with E-state index in [0.29, 0.717) is 31.1 Å². The number of anilines is 1. The first-order valence-corrected chi connectivity index (χ1v) is 7.06. The fourth-order valence-corrected chi connectivity index (χ4v) is 2.36. The smallest absolute Gasteiger partial charge is 0.220 e. The molecular formula is C16H18FN3O. The first-order chi connectivity index (χ1) is 10.2. The van der Waals surface area contributed by atoms with Gasteiger partial charge in [0, 0.05) is 19.5 Å². The maximum absolute atomic E-state index is 13.4. The highest BCUT2D eigenvalue weighted by Gasteiger charge is 2.13. The Labute approximate surface area is 123 Å². The van der Waals surface area contributed by atoms with Gasteiger partial charge in [-0.3, -0.25) is 4.79 Å². The number of benzene rings is 1. The molecule has 21 heavy (non-hydrogen) atoms. The molecule has 1 aliphatic rings. The van der Waals surface area contributed by atoms with Crippen molar-refractivity contribution in [3.05, 3.63) is 41.7 Å². The normalized spacial score (nSPS) is 16.5. The molecule has 1 aromatic rings. The standard InChI is InChI=1S/C16H18FN3O/c17-14-6-3-7-15(13(14)11-18)19-8-9-20-16(21)10-12-4-1-2-5-12/h1,3-4,6-7,12,19H,2,5,8-10H2,(H,20,21)/t12-/m1/s1. The van der Waals surface area contributed by atoms with Gasteiger partial charge in [-0.2, -0.15) is 5.26 Å². The maximum atomic E-state index is 13.4. The first kappa shape index (κ1) is 15.0. The van der Waals surface area contributed by atoms with Gasteiger partial charge in [0.15, 0.2) is 0 Å². The molecular weight excluding hydrogens is 269 g/mol. The van der Waals surface area contributed by atoms with Crippen LogP contribution in [0.1, 0.15) is 24.8 Å². The van der Waals surface area contributed by atoms with E-state index >= 15 is 0 Å². The summed E-state index contributed by atoms with van der Waals surface area (Å²) in [6, 6.07) is 6.27. The van der Waals surface area contributed by atoms with E-state index in [4.69, 9.17) is 5.26 Å². The highest BCUT2D eigenvalue weighted by molar-refractivity contribution is 5.76. The minimum Gasteiger partial charge on any atom is -0.382 e. The van der Waals surface area contributed by atoms with Crippen molar-refractivity contribution >= 4 is 11.6 Å². The Balaban J connectivity index is 1.72. The minimum atomic E-state index is -0.542. The van der Waals surface area contributed by atoms with Crippen LogP contribution >= 0.6 is 0 Å². The summed E-state index contributed by atoms with van der Waals surface area (Å²) in [6.45, 7) is 0.890. The van der Waals surface area contributed by atoms with Crippen LogP contribution in [-0.4, -0.2) is 19.0 Å². The molecule has 0 saturated heterocycles. The Kier molecular flexibility index (Phi) is 5.33. The van der Waals surface area contributed by atoms with Gasteiger partial charge >= 0.3 is 0 Å². The summed E-state index contributed by atoms with van der Waals surface area (Å²) < 4.78 is 13.4. The minimum absolute atomic E-state index is 0.0000747. The lowest BCUT2D eigenvalue weighted by molar-refractivity contribution is -0.121. The molecule has 110 valence electrons. The van der Waals surface area contributed by atoms with Crippen LogP contribution in [0, 0.1) is 23.1 Å². The Bertz CT molecular complexity index is 577. The van der Waals surface area contributed by atoms with Gasteiger partial charge in [0.05, 0.1) is 5.69 Å². The van der Waals surface area contributed by atoms with Gasteiger partial charge < -0.3 is 10.6 Å². The second kappa shape index (κ2) is 7.44. The van der Waals surface area contributed by atoms with Crippen LogP contribution in [0.25, 0.3) is 0 Å². The highest BCUT2D eigenvalue weighted by Crippen LogP contribution is 2.20. The Morgan fingerprint density at radius 3 is 3.00 bits per heavy atom. The molecule has 5 heteroatoms. The summed E-state index contributed by atoms with van der Waals surface area (Å²) in [5, 5.41) is 14.7. The summed E-state index contributed by atoms with van der Waals surface area (Å²) >= 11 is 0. The van der Waals surface area contributed by atoms with Crippen LogP contribution in [0.3, 0.4) is 0 Å². The average Bonchev–Trinajstić information content (AvgIpc) is 2.96. The number of nitrogens with one attached hydrogen (secondary N) is 2. The molecule has 2 N–H and O–H groups in total. The molecule has 1 aliphatic carbocycles. The Morgan fingerprint density at radius 1 is 1.43 bits per heavy atom. The second-order valence-electron chi connectivity index (χ2n) is 5.02. The molecule has 0 aromatic heterocycles. The number of nitriles is 1. The third kappa shape index (κ3) is 4.32. The van der Waals surface area contributed by atoms with Gasteiger partial charge in [0.25, 0.3) is 0 Å². The number of carbonyl (C=O) groups is 1. The summed E-state index contributed by atoms with van der Waals surface area (Å²) in [5.74, 6) is -0.168. The van der Waals surface area contributed by atoms with Crippen molar-refractivity contribution in [3.63, 3.8) is 0 Å². The number of allylic oxidation sites excluding steroid dienone is 2. The van der Waals surface area contributed by atoms with E-state index in [1.807, 2.05) is 6.07 Å².